The Bertz CT molecular complexity index is 458. The topological polar surface area (TPSA) is 111 Å². The van der Waals surface area contributed by atoms with Gasteiger partial charge in [0.15, 0.2) is 0 Å². The number of hydrogen-bond acceptors (Lipinski definition) is 12. The summed E-state index contributed by atoms with van der Waals surface area (Å²) in [4.78, 5) is 0. The summed E-state index contributed by atoms with van der Waals surface area (Å²) in [6, 6.07) is 0. The van der Waals surface area contributed by atoms with E-state index in [1.807, 2.05) is 0 Å². The van der Waals surface area contributed by atoms with E-state index >= 15 is 0 Å². The summed E-state index contributed by atoms with van der Waals surface area (Å²) in [5, 5.41) is 1.65. The van der Waals surface area contributed by atoms with Crippen molar-refractivity contribution in [3.63, 3.8) is 0 Å². The van der Waals surface area contributed by atoms with Crippen molar-refractivity contribution < 1.29 is 56.8 Å². The second-order valence-corrected chi connectivity index (χ2v) is 10.1. The molecule has 0 spiro atoms. The molecule has 0 aliphatic rings. The normalized spacial score (nSPS) is 12.4. The Labute approximate surface area is 270 Å². The zero-order valence-corrected chi connectivity index (χ0v) is 28.8. The second-order valence-electron chi connectivity index (χ2n) is 8.53. The average Bonchev–Trinajstić information content (AvgIpc) is 3.00. The molecule has 254 valence electrons. The minimum absolute atomic E-state index is 0.231. The van der Waals surface area contributed by atoms with Gasteiger partial charge in [-0.25, -0.2) is 0 Å². The van der Waals surface area contributed by atoms with Gasteiger partial charge in [0.2, 0.25) is 0 Å². The molecule has 0 fully saturated rings. The quantitative estimate of drug-likeness (QED) is 0.0686. The van der Waals surface area contributed by atoms with Crippen LogP contribution in [0.1, 0.15) is 13.3 Å². The highest BCUT2D eigenvalue weighted by atomic mass is 79.9. The zero-order valence-electron chi connectivity index (χ0n) is 25.6. The van der Waals surface area contributed by atoms with Crippen LogP contribution in [0.2, 0.25) is 0 Å². The summed E-state index contributed by atoms with van der Waals surface area (Å²) < 4.78 is 66.5. The molecule has 0 aliphatic carbocycles. The van der Waals surface area contributed by atoms with Crippen LogP contribution in [0.5, 0.6) is 0 Å². The maximum absolute atomic E-state index is 5.93. The van der Waals surface area contributed by atoms with Gasteiger partial charge in [0.05, 0.1) is 145 Å². The SMILES string of the molecule is CCCOCCOCCOCCOCC(COCCOCCOCCOCCBr)OCCOCCOCCOCCBr. The Kier molecular flexibility index (Phi) is 40.0. The lowest BCUT2D eigenvalue weighted by atomic mass is 10.4. The van der Waals surface area contributed by atoms with Crippen LogP contribution in [-0.4, -0.2) is 169 Å². The molecule has 0 saturated heterocycles. The lowest BCUT2D eigenvalue weighted by molar-refractivity contribution is -0.0874. The molecule has 0 rings (SSSR count). The van der Waals surface area contributed by atoms with Gasteiger partial charge in [0.1, 0.15) is 6.10 Å². The predicted molar refractivity (Wildman–Crippen MR) is 167 cm³/mol. The molecule has 42 heavy (non-hydrogen) atoms. The summed E-state index contributed by atoms with van der Waals surface area (Å²) in [5.74, 6) is 0. The van der Waals surface area contributed by atoms with E-state index in [2.05, 4.69) is 38.8 Å². The average molecular weight is 745 g/mol. The summed E-state index contributed by atoms with van der Waals surface area (Å²) in [6.45, 7) is 14.3. The number of hydrogen-bond donors (Lipinski definition) is 0. The fraction of sp³-hybridized carbons (Fsp3) is 1.00. The molecular weight excluding hydrogens is 688 g/mol. The van der Waals surface area contributed by atoms with Gasteiger partial charge >= 0.3 is 0 Å². The third-order valence-corrected chi connectivity index (χ3v) is 5.60. The Morgan fingerprint density at radius 1 is 0.333 bits per heavy atom. The van der Waals surface area contributed by atoms with Crippen molar-refractivity contribution in [3.8, 4) is 0 Å². The van der Waals surface area contributed by atoms with Crippen molar-refractivity contribution in [2.45, 2.75) is 19.4 Å². The van der Waals surface area contributed by atoms with Gasteiger partial charge in [0, 0.05) is 17.3 Å². The summed E-state index contributed by atoms with van der Waals surface area (Å²) in [5.41, 5.74) is 0. The lowest BCUT2D eigenvalue weighted by Gasteiger charge is -2.18. The summed E-state index contributed by atoms with van der Waals surface area (Å²) in [7, 11) is 0. The van der Waals surface area contributed by atoms with Crippen LogP contribution in [0.4, 0.5) is 0 Å². The van der Waals surface area contributed by atoms with Gasteiger partial charge in [-0.05, 0) is 6.42 Å². The largest absolute Gasteiger partial charge is 0.379 e. The minimum Gasteiger partial charge on any atom is -0.379 e. The Morgan fingerprint density at radius 2 is 0.595 bits per heavy atom. The van der Waals surface area contributed by atoms with Gasteiger partial charge in [0.25, 0.3) is 0 Å². The Morgan fingerprint density at radius 3 is 0.905 bits per heavy atom. The fourth-order valence-corrected chi connectivity index (χ4v) is 3.42. The number of alkyl halides is 2. The van der Waals surface area contributed by atoms with Crippen molar-refractivity contribution in [2.24, 2.45) is 0 Å². The first-order chi connectivity index (χ1) is 20.8. The molecule has 0 aromatic rings. The number of rotatable bonds is 38. The van der Waals surface area contributed by atoms with E-state index in [1.165, 1.54) is 0 Å². The predicted octanol–water partition coefficient (Wildman–Crippen LogP) is 2.75. The highest BCUT2D eigenvalue weighted by molar-refractivity contribution is 9.09. The number of halogens is 2. The third-order valence-electron chi connectivity index (χ3n) is 4.96. The maximum atomic E-state index is 5.93. The van der Waals surface area contributed by atoms with Gasteiger partial charge in [-0.1, -0.05) is 38.8 Å². The molecular formula is C28H56Br2O12. The zero-order chi connectivity index (χ0) is 30.4. The van der Waals surface area contributed by atoms with Crippen LogP contribution < -0.4 is 0 Å². The van der Waals surface area contributed by atoms with E-state index in [-0.39, 0.29) is 6.10 Å². The van der Waals surface area contributed by atoms with E-state index in [0.29, 0.717) is 145 Å². The molecule has 0 amide bonds. The van der Waals surface area contributed by atoms with Gasteiger partial charge in [-0.15, -0.1) is 0 Å². The molecule has 14 heteroatoms. The molecule has 1 unspecified atom stereocenters. The molecule has 0 bridgehead atoms. The van der Waals surface area contributed by atoms with Gasteiger partial charge in [-0.2, -0.15) is 0 Å². The van der Waals surface area contributed by atoms with E-state index < -0.39 is 0 Å². The van der Waals surface area contributed by atoms with Crippen molar-refractivity contribution >= 4 is 31.9 Å². The molecule has 0 aromatic carbocycles. The molecule has 12 nitrogen and oxygen atoms in total. The summed E-state index contributed by atoms with van der Waals surface area (Å²) >= 11 is 6.63. The van der Waals surface area contributed by atoms with E-state index in [4.69, 9.17) is 56.8 Å². The van der Waals surface area contributed by atoms with E-state index in [9.17, 15) is 0 Å². The minimum atomic E-state index is -0.231. The van der Waals surface area contributed by atoms with Gasteiger partial charge in [-0.3, -0.25) is 0 Å². The Hall–Kier alpha value is 0.480. The smallest absolute Gasteiger partial charge is 0.104 e. The highest BCUT2D eigenvalue weighted by Crippen LogP contribution is 1.97. The first-order valence-electron chi connectivity index (χ1n) is 14.9. The van der Waals surface area contributed by atoms with Crippen molar-refractivity contribution in [2.75, 3.05) is 163 Å². The highest BCUT2D eigenvalue weighted by Gasteiger charge is 2.10. The van der Waals surface area contributed by atoms with Crippen molar-refractivity contribution in [1.82, 2.24) is 0 Å². The fourth-order valence-electron chi connectivity index (χ4n) is 2.96. The molecule has 0 aliphatic heterocycles. The molecule has 1 atom stereocenters. The second kappa shape index (κ2) is 39.5. The summed E-state index contributed by atoms with van der Waals surface area (Å²) in [6.07, 6.45) is 0.782. The lowest BCUT2D eigenvalue weighted by Crippen LogP contribution is -2.29. The molecule has 0 N–H and O–H groups in total. The van der Waals surface area contributed by atoms with Gasteiger partial charge < -0.3 is 56.8 Å². The monoisotopic (exact) mass is 742 g/mol. The van der Waals surface area contributed by atoms with Crippen molar-refractivity contribution in [3.05, 3.63) is 0 Å². The molecule has 0 radical (unpaired) electrons. The third kappa shape index (κ3) is 36.7. The maximum Gasteiger partial charge on any atom is 0.104 e. The molecule has 0 aromatic heterocycles. The van der Waals surface area contributed by atoms with Crippen LogP contribution in [0.25, 0.3) is 0 Å². The van der Waals surface area contributed by atoms with Crippen LogP contribution in [0.15, 0.2) is 0 Å². The van der Waals surface area contributed by atoms with Crippen LogP contribution >= 0.6 is 31.9 Å². The first kappa shape index (κ1) is 42.5. The Balaban J connectivity index is 3.89. The molecule has 0 saturated carbocycles. The standard InChI is InChI=1S/C28H56Br2O12/c1-2-5-31-8-11-34-14-16-37-20-22-40-26-28(42-25-24-39-19-18-36-13-10-33-7-4-30)27-41-23-21-38-17-15-35-12-9-32-6-3-29/h28H,2-27H2,1H3. The van der Waals surface area contributed by atoms with Crippen LogP contribution in [-0.2, 0) is 56.8 Å². The van der Waals surface area contributed by atoms with E-state index in [1.54, 1.807) is 0 Å². The first-order valence-corrected chi connectivity index (χ1v) is 17.2. The molecule has 0 heterocycles. The van der Waals surface area contributed by atoms with Crippen LogP contribution in [0.3, 0.4) is 0 Å². The van der Waals surface area contributed by atoms with Crippen LogP contribution in [0, 0.1) is 0 Å². The van der Waals surface area contributed by atoms with Crippen molar-refractivity contribution in [1.29, 1.82) is 0 Å². The van der Waals surface area contributed by atoms with E-state index in [0.717, 1.165) is 23.7 Å². The number of ether oxygens (including phenoxy) is 12.